The zero-order valence-corrected chi connectivity index (χ0v) is 20.5. The Morgan fingerprint density at radius 3 is 1.53 bits per heavy atom. The van der Waals surface area contributed by atoms with Gasteiger partial charge in [-0.1, -0.05) is 27.7 Å². The Bertz CT molecular complexity index is 507. The van der Waals surface area contributed by atoms with E-state index in [0.29, 0.717) is 18.3 Å². The van der Waals surface area contributed by atoms with E-state index >= 15 is 0 Å². The third-order valence-electron chi connectivity index (χ3n) is 3.29. The van der Waals surface area contributed by atoms with Gasteiger partial charge in [0.2, 0.25) is 0 Å². The lowest BCUT2D eigenvalue weighted by molar-refractivity contribution is -0.110. The van der Waals surface area contributed by atoms with Crippen molar-refractivity contribution in [2.45, 2.75) is 105 Å². The highest BCUT2D eigenvalue weighted by atomic mass is 16.6. The van der Waals surface area contributed by atoms with Crippen molar-refractivity contribution in [3.63, 3.8) is 0 Å². The summed E-state index contributed by atoms with van der Waals surface area (Å²) in [6, 6.07) is -0.681. The van der Waals surface area contributed by atoms with Gasteiger partial charge in [0.15, 0.2) is 0 Å². The second-order valence-electron chi connectivity index (χ2n) is 10.2. The maximum Gasteiger partial charge on any atom is 0.408 e. The van der Waals surface area contributed by atoms with Crippen LogP contribution in [-0.2, 0) is 14.3 Å². The molecule has 0 aliphatic carbocycles. The number of alkyl carbamates (subject to hydrolysis) is 2. The summed E-state index contributed by atoms with van der Waals surface area (Å²) in [6.45, 7) is 18.8. The number of aliphatic hydroxyl groups excluding tert-OH is 1. The molecule has 0 aromatic carbocycles. The molecule has 0 unspecified atom stereocenters. The van der Waals surface area contributed by atoms with E-state index < -0.39 is 29.4 Å². The molecule has 0 heterocycles. The SMILES string of the molecule is CC(C)C[C@@H](C=O)NC(=O)OC(C)(C)C.CC(C)C[C@@H](CO)NC(=O)OC(C)(C)C. The number of hydrogen-bond acceptors (Lipinski definition) is 6. The van der Waals surface area contributed by atoms with E-state index in [2.05, 4.69) is 10.6 Å². The highest BCUT2D eigenvalue weighted by molar-refractivity contribution is 5.73. The van der Waals surface area contributed by atoms with Gasteiger partial charge in [0, 0.05) is 0 Å². The van der Waals surface area contributed by atoms with Crippen LogP contribution in [0, 0.1) is 11.8 Å². The monoisotopic (exact) mass is 432 g/mol. The molecule has 0 aliphatic heterocycles. The predicted octanol–water partition coefficient (Wildman–Crippen LogP) is 4.04. The average Bonchev–Trinajstić information content (AvgIpc) is 2.49. The molecular formula is C22H44N2O6. The van der Waals surface area contributed by atoms with E-state index in [1.54, 1.807) is 20.8 Å². The normalized spacial score (nSPS) is 13.6. The van der Waals surface area contributed by atoms with Crippen molar-refractivity contribution in [1.82, 2.24) is 10.6 Å². The van der Waals surface area contributed by atoms with E-state index in [0.717, 1.165) is 12.7 Å². The maximum absolute atomic E-state index is 11.4. The Labute approximate surface area is 182 Å². The Balaban J connectivity index is 0. The van der Waals surface area contributed by atoms with Crippen molar-refractivity contribution >= 4 is 18.5 Å². The molecule has 0 spiro atoms. The van der Waals surface area contributed by atoms with Gasteiger partial charge in [-0.05, 0) is 66.2 Å². The fraction of sp³-hybridized carbons (Fsp3) is 0.864. The molecule has 0 fully saturated rings. The van der Waals surface area contributed by atoms with Crippen LogP contribution < -0.4 is 10.6 Å². The van der Waals surface area contributed by atoms with Gasteiger partial charge in [-0.2, -0.15) is 0 Å². The van der Waals surface area contributed by atoms with Crippen molar-refractivity contribution in [3.05, 3.63) is 0 Å². The molecule has 0 saturated heterocycles. The van der Waals surface area contributed by atoms with Crippen LogP contribution in [0.5, 0.6) is 0 Å². The van der Waals surface area contributed by atoms with E-state index in [1.807, 2.05) is 48.5 Å². The number of carbonyl (C=O) groups excluding carboxylic acids is 3. The van der Waals surface area contributed by atoms with Crippen LogP contribution >= 0.6 is 0 Å². The number of amides is 2. The first-order valence-corrected chi connectivity index (χ1v) is 10.5. The molecular weight excluding hydrogens is 388 g/mol. The molecule has 3 N–H and O–H groups in total. The molecule has 8 heteroatoms. The summed E-state index contributed by atoms with van der Waals surface area (Å²) in [6.07, 6.45) is 1.10. The number of hydrogen-bond donors (Lipinski definition) is 3. The summed E-state index contributed by atoms with van der Waals surface area (Å²) < 4.78 is 10.1. The van der Waals surface area contributed by atoms with Crippen LogP contribution in [0.2, 0.25) is 0 Å². The van der Waals surface area contributed by atoms with Crippen molar-refractivity contribution in [1.29, 1.82) is 0 Å². The predicted molar refractivity (Wildman–Crippen MR) is 118 cm³/mol. The third-order valence-corrected chi connectivity index (χ3v) is 3.29. The van der Waals surface area contributed by atoms with Crippen LogP contribution in [0.3, 0.4) is 0 Å². The molecule has 0 radical (unpaired) electrons. The molecule has 2 atom stereocenters. The quantitative estimate of drug-likeness (QED) is 0.499. The smallest absolute Gasteiger partial charge is 0.408 e. The minimum Gasteiger partial charge on any atom is -0.444 e. The van der Waals surface area contributed by atoms with E-state index in [1.165, 1.54) is 0 Å². The Morgan fingerprint density at radius 2 is 1.23 bits per heavy atom. The minimum atomic E-state index is -0.541. The van der Waals surface area contributed by atoms with Crippen molar-refractivity contribution in [3.8, 4) is 0 Å². The lowest BCUT2D eigenvalue weighted by atomic mass is 10.0. The van der Waals surface area contributed by atoms with Crippen molar-refractivity contribution in [2.24, 2.45) is 11.8 Å². The standard InChI is InChI=1S/C11H23NO3.C11H21NO3/c2*1-8(2)6-9(7-13)12-10(14)15-11(3,4)5/h8-9,13H,6-7H2,1-5H3,(H,12,14);7-9H,6H2,1-5H3,(H,12,14)/t2*9-/m00/s1. The van der Waals surface area contributed by atoms with Gasteiger partial charge in [-0.3, -0.25) is 0 Å². The van der Waals surface area contributed by atoms with Gasteiger partial charge in [0.25, 0.3) is 0 Å². The van der Waals surface area contributed by atoms with Gasteiger partial charge >= 0.3 is 12.2 Å². The fourth-order valence-corrected chi connectivity index (χ4v) is 2.34. The number of carbonyl (C=O) groups is 3. The molecule has 178 valence electrons. The molecule has 0 bridgehead atoms. The number of nitrogens with one attached hydrogen (secondary N) is 2. The van der Waals surface area contributed by atoms with Gasteiger partial charge in [0.1, 0.15) is 17.5 Å². The van der Waals surface area contributed by atoms with Crippen LogP contribution in [-0.4, -0.2) is 53.5 Å². The first-order chi connectivity index (χ1) is 13.5. The summed E-state index contributed by atoms with van der Waals surface area (Å²) >= 11 is 0. The third kappa shape index (κ3) is 20.9. The van der Waals surface area contributed by atoms with E-state index in [-0.39, 0.29) is 12.6 Å². The lowest BCUT2D eigenvalue weighted by Gasteiger charge is -2.23. The van der Waals surface area contributed by atoms with E-state index in [4.69, 9.17) is 14.6 Å². The topological polar surface area (TPSA) is 114 Å². The van der Waals surface area contributed by atoms with Gasteiger partial charge in [0.05, 0.1) is 18.7 Å². The number of rotatable bonds is 8. The number of ether oxygens (including phenoxy) is 2. The summed E-state index contributed by atoms with van der Waals surface area (Å²) in [5, 5.41) is 14.2. The maximum atomic E-state index is 11.4. The van der Waals surface area contributed by atoms with Crippen molar-refractivity contribution in [2.75, 3.05) is 6.61 Å². The van der Waals surface area contributed by atoms with Crippen LogP contribution in [0.1, 0.15) is 82.1 Å². The second-order valence-corrected chi connectivity index (χ2v) is 10.2. The fourth-order valence-electron chi connectivity index (χ4n) is 2.34. The molecule has 2 amide bonds. The van der Waals surface area contributed by atoms with Crippen LogP contribution in [0.15, 0.2) is 0 Å². The Morgan fingerprint density at radius 1 is 0.833 bits per heavy atom. The molecule has 8 nitrogen and oxygen atoms in total. The molecule has 0 rings (SSSR count). The van der Waals surface area contributed by atoms with Gasteiger partial charge in [-0.15, -0.1) is 0 Å². The zero-order valence-electron chi connectivity index (χ0n) is 20.5. The van der Waals surface area contributed by atoms with Crippen LogP contribution in [0.4, 0.5) is 9.59 Å². The average molecular weight is 433 g/mol. The molecule has 0 aromatic heterocycles. The minimum absolute atomic E-state index is 0.0581. The Kier molecular flexibility index (Phi) is 14.4. The highest BCUT2D eigenvalue weighted by Crippen LogP contribution is 2.09. The molecule has 30 heavy (non-hydrogen) atoms. The largest absolute Gasteiger partial charge is 0.444 e. The highest BCUT2D eigenvalue weighted by Gasteiger charge is 2.20. The van der Waals surface area contributed by atoms with E-state index in [9.17, 15) is 14.4 Å². The first-order valence-electron chi connectivity index (χ1n) is 10.5. The number of aldehydes is 1. The summed E-state index contributed by atoms with van der Waals surface area (Å²) in [7, 11) is 0. The molecule has 0 saturated carbocycles. The van der Waals surface area contributed by atoms with Gasteiger partial charge < -0.3 is 30.0 Å². The van der Waals surface area contributed by atoms with Gasteiger partial charge in [-0.25, -0.2) is 9.59 Å². The zero-order chi connectivity index (χ0) is 24.1. The summed E-state index contributed by atoms with van der Waals surface area (Å²) in [5.74, 6) is 0.784. The molecule has 0 aliphatic rings. The van der Waals surface area contributed by atoms with Crippen molar-refractivity contribution < 1.29 is 29.0 Å². The Hall–Kier alpha value is -1.83. The molecule has 0 aromatic rings. The van der Waals surface area contributed by atoms with Crippen LogP contribution in [0.25, 0.3) is 0 Å². The lowest BCUT2D eigenvalue weighted by Crippen LogP contribution is -2.41. The summed E-state index contributed by atoms with van der Waals surface area (Å²) in [5.41, 5.74) is -1.03. The number of aliphatic hydroxyl groups is 1. The second kappa shape index (κ2) is 14.2. The first kappa shape index (κ1) is 30.4. The summed E-state index contributed by atoms with van der Waals surface area (Å²) in [4.78, 5) is 33.4.